The summed E-state index contributed by atoms with van der Waals surface area (Å²) in [6, 6.07) is 8.22. The zero-order valence-electron chi connectivity index (χ0n) is 13.7. The van der Waals surface area contributed by atoms with Gasteiger partial charge in [-0.2, -0.15) is 0 Å². The summed E-state index contributed by atoms with van der Waals surface area (Å²) in [7, 11) is 1.70. The molecule has 2 aromatic rings. The number of nitrogens with one attached hydrogen (secondary N) is 1. The molecule has 0 spiro atoms. The molecule has 1 aromatic carbocycles. The van der Waals surface area contributed by atoms with Crippen LogP contribution < -0.4 is 9.46 Å². The van der Waals surface area contributed by atoms with Gasteiger partial charge in [0.25, 0.3) is 0 Å². The summed E-state index contributed by atoms with van der Waals surface area (Å²) in [6.07, 6.45) is 1.58. The second-order valence-electron chi connectivity index (χ2n) is 5.48. The van der Waals surface area contributed by atoms with Crippen molar-refractivity contribution in [1.29, 1.82) is 0 Å². The molecule has 0 saturated carbocycles. The third-order valence-electron chi connectivity index (χ3n) is 3.64. The third-order valence-corrected chi connectivity index (χ3v) is 5.06. The first kappa shape index (κ1) is 17.5. The molecule has 0 fully saturated rings. The minimum absolute atomic E-state index is 0.181. The summed E-state index contributed by atoms with van der Waals surface area (Å²) in [5, 5.41) is 0. The van der Waals surface area contributed by atoms with Crippen molar-refractivity contribution >= 4 is 10.0 Å². The molecule has 1 aromatic heterocycles. The molecular formula is C16H22N2O4S. The average molecular weight is 338 g/mol. The fourth-order valence-corrected chi connectivity index (χ4v) is 3.43. The zero-order valence-corrected chi connectivity index (χ0v) is 14.6. The number of ether oxygens (including phenoxy) is 1. The van der Waals surface area contributed by atoms with Gasteiger partial charge in [-0.05, 0) is 56.9 Å². The van der Waals surface area contributed by atoms with Gasteiger partial charge in [-0.25, -0.2) is 13.1 Å². The molecule has 0 radical (unpaired) electrons. The molecule has 1 atom stereocenters. The van der Waals surface area contributed by atoms with Crippen molar-refractivity contribution in [2.45, 2.75) is 17.9 Å². The van der Waals surface area contributed by atoms with Crippen molar-refractivity contribution in [3.05, 3.63) is 47.9 Å². The van der Waals surface area contributed by atoms with E-state index in [9.17, 15) is 8.42 Å². The van der Waals surface area contributed by atoms with E-state index in [0.29, 0.717) is 11.5 Å². The molecule has 0 amide bonds. The Bertz CT molecular complexity index is 739. The molecule has 23 heavy (non-hydrogen) atoms. The van der Waals surface area contributed by atoms with Gasteiger partial charge >= 0.3 is 0 Å². The van der Waals surface area contributed by atoms with E-state index in [1.807, 2.05) is 32.0 Å². The fourth-order valence-electron chi connectivity index (χ4n) is 2.31. The minimum Gasteiger partial charge on any atom is -0.496 e. The highest BCUT2D eigenvalue weighted by molar-refractivity contribution is 7.89. The van der Waals surface area contributed by atoms with Crippen LogP contribution in [0.4, 0.5) is 0 Å². The summed E-state index contributed by atoms with van der Waals surface area (Å²) in [4.78, 5) is 2.12. The predicted molar refractivity (Wildman–Crippen MR) is 88.1 cm³/mol. The van der Waals surface area contributed by atoms with E-state index in [4.69, 9.17) is 9.15 Å². The number of benzene rings is 1. The summed E-state index contributed by atoms with van der Waals surface area (Å²) in [6.45, 7) is 2.03. The van der Waals surface area contributed by atoms with Gasteiger partial charge in [0.15, 0.2) is 0 Å². The second-order valence-corrected chi connectivity index (χ2v) is 7.25. The van der Waals surface area contributed by atoms with Crippen LogP contribution in [0.15, 0.2) is 45.9 Å². The number of hydrogen-bond donors (Lipinski definition) is 1. The van der Waals surface area contributed by atoms with E-state index in [0.717, 1.165) is 5.56 Å². The third kappa shape index (κ3) is 4.13. The van der Waals surface area contributed by atoms with Gasteiger partial charge in [0.1, 0.15) is 11.5 Å². The number of sulfonamides is 1. The first-order valence-corrected chi connectivity index (χ1v) is 8.67. The smallest absolute Gasteiger partial charge is 0.240 e. The van der Waals surface area contributed by atoms with E-state index in [1.54, 1.807) is 31.6 Å². The minimum atomic E-state index is -3.60. The highest BCUT2D eigenvalue weighted by Crippen LogP contribution is 2.22. The molecule has 0 bridgehead atoms. The first-order valence-electron chi connectivity index (χ1n) is 7.19. The van der Waals surface area contributed by atoms with Crippen LogP contribution in [-0.4, -0.2) is 41.1 Å². The Balaban J connectivity index is 2.16. The van der Waals surface area contributed by atoms with Gasteiger partial charge in [-0.3, -0.25) is 4.90 Å². The Hall–Kier alpha value is -1.83. The van der Waals surface area contributed by atoms with Crippen LogP contribution in [0.3, 0.4) is 0 Å². The predicted octanol–water partition coefficient (Wildman–Crippen LogP) is 2.18. The van der Waals surface area contributed by atoms with Crippen LogP contribution in [0.2, 0.25) is 0 Å². The molecule has 0 aliphatic heterocycles. The maximum atomic E-state index is 12.5. The van der Waals surface area contributed by atoms with Gasteiger partial charge in [0.2, 0.25) is 10.0 Å². The number of likely N-dealkylation sites (N-methyl/N-ethyl adjacent to an activating group) is 1. The Kier molecular flexibility index (Phi) is 5.46. The lowest BCUT2D eigenvalue weighted by Gasteiger charge is -2.22. The molecule has 0 saturated heterocycles. The lowest BCUT2D eigenvalue weighted by atomic mass is 10.2. The van der Waals surface area contributed by atoms with Crippen molar-refractivity contribution in [3.8, 4) is 5.75 Å². The highest BCUT2D eigenvalue weighted by atomic mass is 32.2. The summed E-state index contributed by atoms with van der Waals surface area (Å²) < 4.78 is 38.1. The standard InChI is InChI=1S/C16H22N2O4S/c1-12-10-13(7-8-15(12)21-4)23(19,20)17-11-14(18(2)3)16-6-5-9-22-16/h5-10,14,17H,11H2,1-4H3/t14-/m1/s1. The van der Waals surface area contributed by atoms with Crippen molar-refractivity contribution in [3.63, 3.8) is 0 Å². The van der Waals surface area contributed by atoms with Crippen LogP contribution in [-0.2, 0) is 10.0 Å². The lowest BCUT2D eigenvalue weighted by Crippen LogP contribution is -2.34. The van der Waals surface area contributed by atoms with E-state index in [2.05, 4.69) is 4.72 Å². The Morgan fingerprint density at radius 1 is 1.30 bits per heavy atom. The topological polar surface area (TPSA) is 71.8 Å². The van der Waals surface area contributed by atoms with Crippen LogP contribution >= 0.6 is 0 Å². The molecule has 1 heterocycles. The lowest BCUT2D eigenvalue weighted by molar-refractivity contribution is 0.259. The Labute approximate surface area is 137 Å². The monoisotopic (exact) mass is 338 g/mol. The molecule has 2 rings (SSSR count). The van der Waals surface area contributed by atoms with Crippen LogP contribution in [0, 0.1) is 6.92 Å². The van der Waals surface area contributed by atoms with Gasteiger partial charge in [-0.15, -0.1) is 0 Å². The molecule has 0 aliphatic rings. The zero-order chi connectivity index (χ0) is 17.0. The maximum Gasteiger partial charge on any atom is 0.240 e. The normalized spacial score (nSPS) is 13.3. The number of aryl methyl sites for hydroxylation is 1. The van der Waals surface area contributed by atoms with E-state index in [-0.39, 0.29) is 17.5 Å². The molecule has 0 aliphatic carbocycles. The van der Waals surface area contributed by atoms with E-state index < -0.39 is 10.0 Å². The Morgan fingerprint density at radius 3 is 2.57 bits per heavy atom. The van der Waals surface area contributed by atoms with E-state index >= 15 is 0 Å². The number of hydrogen-bond acceptors (Lipinski definition) is 5. The average Bonchev–Trinajstić information content (AvgIpc) is 3.01. The van der Waals surface area contributed by atoms with Crippen LogP contribution in [0.25, 0.3) is 0 Å². The van der Waals surface area contributed by atoms with Crippen LogP contribution in [0.1, 0.15) is 17.4 Å². The summed E-state index contributed by atoms with van der Waals surface area (Å²) >= 11 is 0. The highest BCUT2D eigenvalue weighted by Gasteiger charge is 2.21. The summed E-state index contributed by atoms with van der Waals surface area (Å²) in [5.74, 6) is 1.37. The molecule has 6 nitrogen and oxygen atoms in total. The second kappa shape index (κ2) is 7.16. The van der Waals surface area contributed by atoms with Gasteiger partial charge in [0, 0.05) is 6.54 Å². The number of nitrogens with zero attached hydrogens (tertiary/aromatic N) is 1. The number of rotatable bonds is 7. The van der Waals surface area contributed by atoms with Gasteiger partial charge in [-0.1, -0.05) is 0 Å². The molecule has 1 N–H and O–H groups in total. The number of methoxy groups -OCH3 is 1. The van der Waals surface area contributed by atoms with Crippen molar-refractivity contribution in [1.82, 2.24) is 9.62 Å². The largest absolute Gasteiger partial charge is 0.496 e. The van der Waals surface area contributed by atoms with Crippen LogP contribution in [0.5, 0.6) is 5.75 Å². The Morgan fingerprint density at radius 2 is 2.04 bits per heavy atom. The van der Waals surface area contributed by atoms with Gasteiger partial charge < -0.3 is 9.15 Å². The van der Waals surface area contributed by atoms with Crippen molar-refractivity contribution < 1.29 is 17.6 Å². The fraction of sp³-hybridized carbons (Fsp3) is 0.375. The van der Waals surface area contributed by atoms with Crippen molar-refractivity contribution in [2.75, 3.05) is 27.7 Å². The number of furan rings is 1. The molecule has 0 unspecified atom stereocenters. The first-order chi connectivity index (χ1) is 10.8. The van der Waals surface area contributed by atoms with E-state index in [1.165, 1.54) is 6.07 Å². The summed E-state index contributed by atoms with van der Waals surface area (Å²) in [5.41, 5.74) is 0.769. The molecule has 7 heteroatoms. The molecular weight excluding hydrogens is 316 g/mol. The van der Waals surface area contributed by atoms with Gasteiger partial charge in [0.05, 0.1) is 24.3 Å². The SMILES string of the molecule is COc1ccc(S(=O)(=O)NC[C@H](c2ccco2)N(C)C)cc1C. The molecule has 126 valence electrons. The van der Waals surface area contributed by atoms with Crippen molar-refractivity contribution in [2.24, 2.45) is 0 Å². The quantitative estimate of drug-likeness (QED) is 0.838. The maximum absolute atomic E-state index is 12.5.